The van der Waals surface area contributed by atoms with Gasteiger partial charge in [0.05, 0.1) is 11.5 Å². The summed E-state index contributed by atoms with van der Waals surface area (Å²) in [6.07, 6.45) is 2.31. The van der Waals surface area contributed by atoms with Crippen LogP contribution in [0.15, 0.2) is 53.6 Å². The Morgan fingerprint density at radius 2 is 1.84 bits per heavy atom. The topological polar surface area (TPSA) is 115 Å². The molecule has 2 aromatic carbocycles. The SMILES string of the molecule is Cc1cnc(NC(=O)c2cc(Oc3ccc(S(C)(=O)=O)cc3)cc(O[C@@H](C)CO)c2)s1. The number of anilines is 1. The number of aliphatic hydroxyl groups is 1. The van der Waals surface area contributed by atoms with E-state index in [0.717, 1.165) is 11.1 Å². The molecule has 3 rings (SSSR count). The zero-order valence-electron chi connectivity index (χ0n) is 17.2. The van der Waals surface area contributed by atoms with E-state index in [1.165, 1.54) is 41.7 Å². The van der Waals surface area contributed by atoms with E-state index in [1.54, 1.807) is 25.3 Å². The zero-order valence-corrected chi connectivity index (χ0v) is 18.8. The minimum absolute atomic E-state index is 0.174. The van der Waals surface area contributed by atoms with Gasteiger partial charge in [-0.2, -0.15) is 0 Å². The predicted octanol–water partition coefficient (Wildman–Crippen LogP) is 3.66. The van der Waals surface area contributed by atoms with E-state index in [2.05, 4.69) is 10.3 Å². The summed E-state index contributed by atoms with van der Waals surface area (Å²) in [6.45, 7) is 3.38. The summed E-state index contributed by atoms with van der Waals surface area (Å²) in [4.78, 5) is 18.0. The van der Waals surface area contributed by atoms with Gasteiger partial charge in [-0.1, -0.05) is 0 Å². The van der Waals surface area contributed by atoms with Crippen LogP contribution in [-0.4, -0.2) is 43.4 Å². The Kier molecular flexibility index (Phi) is 6.94. The number of aromatic nitrogens is 1. The number of carbonyl (C=O) groups excluding carboxylic acids is 1. The summed E-state index contributed by atoms with van der Waals surface area (Å²) in [5.74, 6) is 0.651. The highest BCUT2D eigenvalue weighted by Crippen LogP contribution is 2.29. The number of hydrogen-bond acceptors (Lipinski definition) is 8. The van der Waals surface area contributed by atoms with Crippen molar-refractivity contribution in [3.8, 4) is 17.2 Å². The van der Waals surface area contributed by atoms with E-state index in [4.69, 9.17) is 9.47 Å². The number of hydrogen-bond donors (Lipinski definition) is 2. The fourth-order valence-corrected chi connectivity index (χ4v) is 3.86. The molecule has 2 N–H and O–H groups in total. The maximum atomic E-state index is 12.7. The Bertz CT molecular complexity index is 1170. The normalized spacial score (nSPS) is 12.3. The molecule has 10 heteroatoms. The largest absolute Gasteiger partial charge is 0.488 e. The van der Waals surface area contributed by atoms with Gasteiger partial charge in [0.1, 0.15) is 23.4 Å². The molecule has 1 atom stereocenters. The highest BCUT2D eigenvalue weighted by atomic mass is 32.2. The number of carbonyl (C=O) groups is 1. The number of nitrogens with one attached hydrogen (secondary N) is 1. The monoisotopic (exact) mass is 462 g/mol. The highest BCUT2D eigenvalue weighted by Gasteiger charge is 2.15. The van der Waals surface area contributed by atoms with Crippen LogP contribution in [0.2, 0.25) is 0 Å². The standard InChI is InChI=1S/C21H22N2O6S2/c1-13(12-24)28-17-8-15(20(25)23-21-22-11-14(2)30-21)9-18(10-17)29-16-4-6-19(7-5-16)31(3,26)27/h4-11,13,24H,12H2,1-3H3,(H,22,23,25)/t13-/m0/s1. The minimum Gasteiger partial charge on any atom is -0.488 e. The van der Waals surface area contributed by atoms with Crippen LogP contribution in [0.4, 0.5) is 5.13 Å². The third kappa shape index (κ3) is 6.27. The molecule has 1 heterocycles. The first-order valence-electron chi connectivity index (χ1n) is 9.28. The van der Waals surface area contributed by atoms with Crippen LogP contribution < -0.4 is 14.8 Å². The molecular formula is C21H22N2O6S2. The van der Waals surface area contributed by atoms with E-state index in [-0.39, 0.29) is 17.1 Å². The lowest BCUT2D eigenvalue weighted by Gasteiger charge is -2.15. The van der Waals surface area contributed by atoms with Gasteiger partial charge in [0, 0.05) is 29.0 Å². The molecule has 0 unspecified atom stereocenters. The quantitative estimate of drug-likeness (QED) is 0.525. The van der Waals surface area contributed by atoms with Crippen molar-refractivity contribution in [1.82, 2.24) is 4.98 Å². The Labute approximate surface area is 184 Å². The number of thiazole rings is 1. The number of aliphatic hydroxyl groups excluding tert-OH is 1. The second kappa shape index (κ2) is 9.46. The molecule has 0 aliphatic rings. The van der Waals surface area contributed by atoms with Crippen molar-refractivity contribution in [3.63, 3.8) is 0 Å². The molecule has 164 valence electrons. The molecule has 0 saturated heterocycles. The third-order valence-electron chi connectivity index (χ3n) is 4.07. The molecule has 0 fully saturated rings. The Hall–Kier alpha value is -2.95. The first kappa shape index (κ1) is 22.7. The molecular weight excluding hydrogens is 440 g/mol. The average Bonchev–Trinajstić information content (AvgIpc) is 3.12. The van der Waals surface area contributed by atoms with E-state index in [1.807, 2.05) is 6.92 Å². The van der Waals surface area contributed by atoms with Crippen molar-refractivity contribution in [3.05, 3.63) is 59.1 Å². The maximum absolute atomic E-state index is 12.7. The summed E-state index contributed by atoms with van der Waals surface area (Å²) in [7, 11) is -3.32. The van der Waals surface area contributed by atoms with Gasteiger partial charge >= 0.3 is 0 Å². The van der Waals surface area contributed by atoms with Gasteiger partial charge < -0.3 is 14.6 Å². The molecule has 31 heavy (non-hydrogen) atoms. The van der Waals surface area contributed by atoms with Crippen LogP contribution in [-0.2, 0) is 9.84 Å². The molecule has 0 bridgehead atoms. The minimum atomic E-state index is -3.32. The predicted molar refractivity (Wildman–Crippen MR) is 118 cm³/mol. The second-order valence-corrected chi connectivity index (χ2v) is 10.1. The van der Waals surface area contributed by atoms with Crippen LogP contribution >= 0.6 is 11.3 Å². The molecule has 0 radical (unpaired) electrons. The van der Waals surface area contributed by atoms with Crippen LogP contribution in [0.1, 0.15) is 22.2 Å². The Morgan fingerprint density at radius 3 is 2.42 bits per heavy atom. The molecule has 0 aliphatic carbocycles. The van der Waals surface area contributed by atoms with E-state index < -0.39 is 21.8 Å². The van der Waals surface area contributed by atoms with Gasteiger partial charge in [-0.25, -0.2) is 13.4 Å². The lowest BCUT2D eigenvalue weighted by atomic mass is 10.2. The van der Waals surface area contributed by atoms with Gasteiger partial charge in [-0.3, -0.25) is 10.1 Å². The zero-order chi connectivity index (χ0) is 22.6. The van der Waals surface area contributed by atoms with Crippen LogP contribution in [0, 0.1) is 6.92 Å². The van der Waals surface area contributed by atoms with Gasteiger partial charge in [-0.15, -0.1) is 11.3 Å². The van der Waals surface area contributed by atoms with Crippen molar-refractivity contribution in [2.24, 2.45) is 0 Å². The van der Waals surface area contributed by atoms with E-state index >= 15 is 0 Å². The first-order chi connectivity index (χ1) is 14.6. The smallest absolute Gasteiger partial charge is 0.257 e. The number of benzene rings is 2. The summed E-state index contributed by atoms with van der Waals surface area (Å²) in [5, 5.41) is 12.5. The van der Waals surface area contributed by atoms with Crippen molar-refractivity contribution in [1.29, 1.82) is 0 Å². The number of nitrogens with zero attached hydrogens (tertiary/aromatic N) is 1. The van der Waals surface area contributed by atoms with Crippen molar-refractivity contribution in [2.75, 3.05) is 18.2 Å². The van der Waals surface area contributed by atoms with Crippen LogP contribution in [0.5, 0.6) is 17.2 Å². The number of amides is 1. The number of sulfone groups is 1. The fraction of sp³-hybridized carbons (Fsp3) is 0.238. The van der Waals surface area contributed by atoms with Crippen LogP contribution in [0.3, 0.4) is 0 Å². The third-order valence-corrected chi connectivity index (χ3v) is 6.02. The molecule has 3 aromatic rings. The molecule has 0 aliphatic heterocycles. The molecule has 0 spiro atoms. The molecule has 0 saturated carbocycles. The lowest BCUT2D eigenvalue weighted by molar-refractivity contribution is 0.102. The maximum Gasteiger partial charge on any atom is 0.257 e. The number of rotatable bonds is 8. The van der Waals surface area contributed by atoms with Crippen LogP contribution in [0.25, 0.3) is 0 Å². The van der Waals surface area contributed by atoms with Crippen molar-refractivity contribution < 1.29 is 27.8 Å². The lowest BCUT2D eigenvalue weighted by Crippen LogP contribution is -2.17. The Morgan fingerprint density at radius 1 is 1.16 bits per heavy atom. The molecule has 8 nitrogen and oxygen atoms in total. The molecule has 1 amide bonds. The average molecular weight is 463 g/mol. The fourth-order valence-electron chi connectivity index (χ4n) is 2.57. The van der Waals surface area contributed by atoms with Gasteiger partial charge in [-0.05, 0) is 50.2 Å². The summed E-state index contributed by atoms with van der Waals surface area (Å²) in [6, 6.07) is 10.6. The van der Waals surface area contributed by atoms with E-state index in [0.29, 0.717) is 22.4 Å². The van der Waals surface area contributed by atoms with Crippen molar-refractivity contribution >= 4 is 32.2 Å². The number of ether oxygens (including phenoxy) is 2. The molecule has 1 aromatic heterocycles. The second-order valence-electron chi connectivity index (χ2n) is 6.88. The van der Waals surface area contributed by atoms with E-state index in [9.17, 15) is 18.3 Å². The van der Waals surface area contributed by atoms with Gasteiger partial charge in [0.25, 0.3) is 5.91 Å². The first-order valence-corrected chi connectivity index (χ1v) is 12.0. The van der Waals surface area contributed by atoms with Gasteiger partial charge in [0.2, 0.25) is 0 Å². The van der Waals surface area contributed by atoms with Crippen molar-refractivity contribution in [2.45, 2.75) is 24.8 Å². The Balaban J connectivity index is 1.88. The highest BCUT2D eigenvalue weighted by molar-refractivity contribution is 7.90. The summed E-state index contributed by atoms with van der Waals surface area (Å²) < 4.78 is 34.7. The number of aryl methyl sites for hydroxylation is 1. The van der Waals surface area contributed by atoms with Gasteiger partial charge in [0.15, 0.2) is 15.0 Å². The summed E-state index contributed by atoms with van der Waals surface area (Å²) >= 11 is 1.35. The summed E-state index contributed by atoms with van der Waals surface area (Å²) in [5.41, 5.74) is 0.276.